The molecule has 0 atom stereocenters. The number of amides is 2. The van der Waals surface area contributed by atoms with E-state index >= 15 is 0 Å². The number of halogens is 2. The Morgan fingerprint density at radius 1 is 1.18 bits per heavy atom. The van der Waals surface area contributed by atoms with Crippen molar-refractivity contribution in [3.63, 3.8) is 0 Å². The molecule has 0 aliphatic heterocycles. The van der Waals surface area contributed by atoms with Crippen LogP contribution in [0, 0.1) is 11.6 Å². The molecule has 1 aliphatic rings. The van der Waals surface area contributed by atoms with Gasteiger partial charge in [-0.25, -0.2) is 8.78 Å². The molecule has 0 heterocycles. The fourth-order valence-electron chi connectivity index (χ4n) is 1.25. The van der Waals surface area contributed by atoms with Gasteiger partial charge in [0.25, 0.3) is 0 Å². The van der Waals surface area contributed by atoms with Crippen LogP contribution in [0.15, 0.2) is 18.2 Å². The highest BCUT2D eigenvalue weighted by molar-refractivity contribution is 6.39. The first-order chi connectivity index (χ1) is 8.06. The number of hydrogen-bond acceptors (Lipinski definition) is 2. The van der Waals surface area contributed by atoms with Crippen LogP contribution in [0.25, 0.3) is 0 Å². The van der Waals surface area contributed by atoms with E-state index in [1.54, 1.807) is 0 Å². The summed E-state index contributed by atoms with van der Waals surface area (Å²) in [6, 6.07) is 2.74. The predicted molar refractivity (Wildman–Crippen MR) is 56.2 cm³/mol. The number of nitrogens with one attached hydrogen (secondary N) is 2. The second-order valence-corrected chi connectivity index (χ2v) is 3.83. The highest BCUT2D eigenvalue weighted by atomic mass is 19.1. The monoisotopic (exact) mass is 240 g/mol. The Bertz CT molecular complexity index is 473. The van der Waals surface area contributed by atoms with Crippen molar-refractivity contribution in [2.24, 2.45) is 0 Å². The Kier molecular flexibility index (Phi) is 3.03. The quantitative estimate of drug-likeness (QED) is 0.763. The number of carbonyl (C=O) groups is 2. The van der Waals surface area contributed by atoms with Crippen molar-refractivity contribution in [1.29, 1.82) is 0 Å². The van der Waals surface area contributed by atoms with Gasteiger partial charge in [0.2, 0.25) is 0 Å². The molecular formula is C11H10F2N2O2. The van der Waals surface area contributed by atoms with Gasteiger partial charge in [0.15, 0.2) is 0 Å². The molecule has 0 radical (unpaired) electrons. The summed E-state index contributed by atoms with van der Waals surface area (Å²) in [4.78, 5) is 22.6. The Morgan fingerprint density at radius 2 is 1.88 bits per heavy atom. The summed E-state index contributed by atoms with van der Waals surface area (Å²) in [5, 5.41) is 4.53. The Balaban J connectivity index is 1.99. The van der Waals surface area contributed by atoms with Crippen LogP contribution in [0.3, 0.4) is 0 Å². The second-order valence-electron chi connectivity index (χ2n) is 3.83. The lowest BCUT2D eigenvalue weighted by Gasteiger charge is -2.06. The molecule has 4 nitrogen and oxygen atoms in total. The van der Waals surface area contributed by atoms with Gasteiger partial charge in [-0.2, -0.15) is 0 Å². The average molecular weight is 240 g/mol. The van der Waals surface area contributed by atoms with Gasteiger partial charge < -0.3 is 10.6 Å². The van der Waals surface area contributed by atoms with E-state index in [2.05, 4.69) is 10.6 Å². The molecule has 1 saturated carbocycles. The maximum Gasteiger partial charge on any atom is 0.313 e. The van der Waals surface area contributed by atoms with E-state index in [9.17, 15) is 18.4 Å². The molecule has 1 aliphatic carbocycles. The van der Waals surface area contributed by atoms with E-state index in [-0.39, 0.29) is 11.7 Å². The molecule has 90 valence electrons. The highest BCUT2D eigenvalue weighted by Crippen LogP contribution is 2.19. The van der Waals surface area contributed by atoms with Crippen LogP contribution in [0.1, 0.15) is 12.8 Å². The van der Waals surface area contributed by atoms with Crippen LogP contribution < -0.4 is 10.6 Å². The number of rotatable bonds is 2. The molecule has 1 aromatic carbocycles. The molecular weight excluding hydrogens is 230 g/mol. The zero-order valence-electron chi connectivity index (χ0n) is 8.80. The van der Waals surface area contributed by atoms with Crippen LogP contribution in [0.5, 0.6) is 0 Å². The Labute approximate surface area is 96.0 Å². The molecule has 2 N–H and O–H groups in total. The van der Waals surface area contributed by atoms with Gasteiger partial charge in [-0.15, -0.1) is 0 Å². The summed E-state index contributed by atoms with van der Waals surface area (Å²) in [7, 11) is 0. The number of benzene rings is 1. The number of anilines is 1. The fraction of sp³-hybridized carbons (Fsp3) is 0.273. The van der Waals surface area contributed by atoms with Crippen LogP contribution in [0.4, 0.5) is 14.5 Å². The van der Waals surface area contributed by atoms with Crippen molar-refractivity contribution < 1.29 is 18.4 Å². The van der Waals surface area contributed by atoms with Gasteiger partial charge in [-0.3, -0.25) is 9.59 Å². The average Bonchev–Trinajstić information content (AvgIpc) is 3.06. The lowest BCUT2D eigenvalue weighted by molar-refractivity contribution is -0.136. The normalized spacial score (nSPS) is 14.2. The number of hydrogen-bond donors (Lipinski definition) is 2. The summed E-state index contributed by atoms with van der Waals surface area (Å²) < 4.78 is 25.8. The lowest BCUT2D eigenvalue weighted by Crippen LogP contribution is -2.36. The maximum absolute atomic E-state index is 13.2. The second kappa shape index (κ2) is 4.48. The van der Waals surface area contributed by atoms with Crippen molar-refractivity contribution in [2.45, 2.75) is 18.9 Å². The largest absolute Gasteiger partial charge is 0.345 e. The third-order valence-corrected chi connectivity index (χ3v) is 2.30. The molecule has 0 bridgehead atoms. The molecule has 0 saturated heterocycles. The SMILES string of the molecule is O=C(Nc1ccc(F)cc1F)C(=O)NC1CC1. The molecule has 2 amide bonds. The molecule has 1 fully saturated rings. The first-order valence-electron chi connectivity index (χ1n) is 5.13. The van der Waals surface area contributed by atoms with Gasteiger partial charge in [0.05, 0.1) is 5.69 Å². The van der Waals surface area contributed by atoms with Crippen LogP contribution in [0.2, 0.25) is 0 Å². The molecule has 0 aromatic heterocycles. The van der Waals surface area contributed by atoms with E-state index < -0.39 is 23.4 Å². The lowest BCUT2D eigenvalue weighted by atomic mass is 10.3. The van der Waals surface area contributed by atoms with E-state index in [1.165, 1.54) is 0 Å². The Morgan fingerprint density at radius 3 is 2.47 bits per heavy atom. The van der Waals surface area contributed by atoms with Crippen LogP contribution in [-0.2, 0) is 9.59 Å². The zero-order chi connectivity index (χ0) is 12.4. The topological polar surface area (TPSA) is 58.2 Å². The Hall–Kier alpha value is -1.98. The minimum absolute atomic E-state index is 0.0475. The molecule has 6 heteroatoms. The third-order valence-electron chi connectivity index (χ3n) is 2.30. The van der Waals surface area contributed by atoms with E-state index in [0.29, 0.717) is 6.07 Å². The van der Waals surface area contributed by atoms with Crippen molar-refractivity contribution in [3.8, 4) is 0 Å². The van der Waals surface area contributed by atoms with E-state index in [0.717, 1.165) is 25.0 Å². The summed E-state index contributed by atoms with van der Waals surface area (Å²) in [5.74, 6) is -3.43. The fourth-order valence-corrected chi connectivity index (χ4v) is 1.25. The van der Waals surface area contributed by atoms with Crippen molar-refractivity contribution in [3.05, 3.63) is 29.8 Å². The molecule has 0 spiro atoms. The van der Waals surface area contributed by atoms with Gasteiger partial charge in [-0.05, 0) is 25.0 Å². The van der Waals surface area contributed by atoms with Gasteiger partial charge in [0, 0.05) is 12.1 Å². The highest BCUT2D eigenvalue weighted by Gasteiger charge is 2.26. The zero-order valence-corrected chi connectivity index (χ0v) is 8.80. The minimum atomic E-state index is -0.956. The van der Waals surface area contributed by atoms with Gasteiger partial charge in [-0.1, -0.05) is 0 Å². The first-order valence-corrected chi connectivity index (χ1v) is 5.13. The van der Waals surface area contributed by atoms with Gasteiger partial charge >= 0.3 is 11.8 Å². The van der Waals surface area contributed by atoms with Crippen LogP contribution in [-0.4, -0.2) is 17.9 Å². The predicted octanol–water partition coefficient (Wildman–Crippen LogP) is 1.18. The first kappa shape index (κ1) is 11.5. The molecule has 0 unspecified atom stereocenters. The van der Waals surface area contributed by atoms with Gasteiger partial charge in [0.1, 0.15) is 11.6 Å². The maximum atomic E-state index is 13.2. The molecule has 1 aromatic rings. The molecule has 2 rings (SSSR count). The summed E-state index contributed by atoms with van der Waals surface area (Å²) in [5.41, 5.74) is -0.220. The van der Waals surface area contributed by atoms with Crippen LogP contribution >= 0.6 is 0 Å². The number of carbonyl (C=O) groups excluding carboxylic acids is 2. The smallest absolute Gasteiger partial charge is 0.313 e. The summed E-state index contributed by atoms with van der Waals surface area (Å²) in [6.45, 7) is 0. The van der Waals surface area contributed by atoms with E-state index in [4.69, 9.17) is 0 Å². The van der Waals surface area contributed by atoms with Crippen molar-refractivity contribution in [1.82, 2.24) is 5.32 Å². The van der Waals surface area contributed by atoms with Crippen molar-refractivity contribution in [2.75, 3.05) is 5.32 Å². The van der Waals surface area contributed by atoms with Crippen molar-refractivity contribution >= 4 is 17.5 Å². The molecule has 17 heavy (non-hydrogen) atoms. The van der Waals surface area contributed by atoms with E-state index in [1.807, 2.05) is 0 Å². The summed E-state index contributed by atoms with van der Waals surface area (Å²) >= 11 is 0. The summed E-state index contributed by atoms with van der Waals surface area (Å²) in [6.07, 6.45) is 1.70. The standard InChI is InChI=1S/C11H10F2N2O2/c12-6-1-4-9(8(13)5-6)15-11(17)10(16)14-7-2-3-7/h1,4-5,7H,2-3H2,(H,14,16)(H,15,17). The third kappa shape index (κ3) is 2.99. The minimum Gasteiger partial charge on any atom is -0.345 e.